The molecule has 0 saturated carbocycles. The van der Waals surface area contributed by atoms with Crippen LogP contribution in [0.1, 0.15) is 26.4 Å². The molecule has 2 heterocycles. The van der Waals surface area contributed by atoms with Crippen molar-refractivity contribution in [1.82, 2.24) is 4.98 Å². The first-order chi connectivity index (χ1) is 9.10. The van der Waals surface area contributed by atoms with Gasteiger partial charge in [-0.2, -0.15) is 0 Å². The number of hydrogen-bond donors (Lipinski definition) is 1. The van der Waals surface area contributed by atoms with Crippen LogP contribution >= 0.6 is 11.3 Å². The molecule has 96 valence electrons. The van der Waals surface area contributed by atoms with Gasteiger partial charge in [-0.25, -0.2) is 0 Å². The molecule has 0 aliphatic heterocycles. The number of carbonyl (C=O) groups excluding carboxylic acids is 1. The molecule has 1 N–H and O–H groups in total. The maximum absolute atomic E-state index is 11.5. The third-order valence-corrected chi connectivity index (χ3v) is 4.41. The van der Waals surface area contributed by atoms with E-state index in [9.17, 15) is 4.79 Å². The van der Waals surface area contributed by atoms with E-state index in [2.05, 4.69) is 50.0 Å². The van der Waals surface area contributed by atoms with E-state index < -0.39 is 0 Å². The zero-order chi connectivity index (χ0) is 13.6. The van der Waals surface area contributed by atoms with Crippen LogP contribution in [-0.4, -0.2) is 11.3 Å². The van der Waals surface area contributed by atoms with Crippen LogP contribution in [-0.2, 0) is 0 Å². The standard InChI is InChI=1S/C16H15NOS/c1-9-6-10(2)15-12(7-9)13(8-18)16(17-15)14-5-4-11(3)19-14/h4-8,17H,1-3H3. The number of hydrogen-bond acceptors (Lipinski definition) is 2. The Morgan fingerprint density at radius 1 is 1.16 bits per heavy atom. The lowest BCUT2D eigenvalue weighted by Crippen LogP contribution is -1.82. The number of benzene rings is 1. The van der Waals surface area contributed by atoms with E-state index >= 15 is 0 Å². The minimum absolute atomic E-state index is 0.767. The van der Waals surface area contributed by atoms with Crippen LogP contribution in [0, 0.1) is 20.8 Å². The molecule has 19 heavy (non-hydrogen) atoms. The number of rotatable bonds is 2. The fourth-order valence-electron chi connectivity index (χ4n) is 2.56. The van der Waals surface area contributed by atoms with E-state index in [0.29, 0.717) is 0 Å². The number of carbonyl (C=O) groups is 1. The molecule has 0 aliphatic rings. The first-order valence-corrected chi connectivity index (χ1v) is 7.06. The first kappa shape index (κ1) is 12.2. The molecule has 0 spiro atoms. The normalized spacial score (nSPS) is 11.1. The quantitative estimate of drug-likeness (QED) is 0.676. The minimum Gasteiger partial charge on any atom is -0.353 e. The number of H-pyrrole nitrogens is 1. The van der Waals surface area contributed by atoms with Crippen LogP contribution in [0.3, 0.4) is 0 Å². The van der Waals surface area contributed by atoms with Crippen molar-refractivity contribution in [2.24, 2.45) is 0 Å². The summed E-state index contributed by atoms with van der Waals surface area (Å²) in [6, 6.07) is 8.36. The second-order valence-electron chi connectivity index (χ2n) is 4.95. The zero-order valence-electron chi connectivity index (χ0n) is 11.2. The predicted molar refractivity (Wildman–Crippen MR) is 81.2 cm³/mol. The molecule has 0 unspecified atom stereocenters. The summed E-state index contributed by atoms with van der Waals surface area (Å²) in [6.45, 7) is 6.21. The molecule has 0 atom stereocenters. The smallest absolute Gasteiger partial charge is 0.152 e. The lowest BCUT2D eigenvalue weighted by molar-refractivity contribution is 0.112. The second-order valence-corrected chi connectivity index (χ2v) is 6.23. The molecule has 0 aliphatic carbocycles. The molecule has 0 fully saturated rings. The number of thiophene rings is 1. The maximum atomic E-state index is 11.5. The summed E-state index contributed by atoms with van der Waals surface area (Å²) >= 11 is 1.71. The molecule has 1 aromatic carbocycles. The van der Waals surface area contributed by atoms with Crippen molar-refractivity contribution in [3.8, 4) is 10.6 Å². The fraction of sp³-hybridized carbons (Fsp3) is 0.188. The molecule has 2 nitrogen and oxygen atoms in total. The van der Waals surface area contributed by atoms with Gasteiger partial charge in [-0.3, -0.25) is 4.79 Å². The zero-order valence-corrected chi connectivity index (χ0v) is 12.0. The van der Waals surface area contributed by atoms with E-state index in [0.717, 1.165) is 33.3 Å². The van der Waals surface area contributed by atoms with Crippen molar-refractivity contribution >= 4 is 28.5 Å². The Morgan fingerprint density at radius 3 is 2.58 bits per heavy atom. The number of fused-ring (bicyclic) bond motifs is 1. The van der Waals surface area contributed by atoms with Crippen LogP contribution in [0.4, 0.5) is 0 Å². The Morgan fingerprint density at radius 2 is 1.95 bits per heavy atom. The highest BCUT2D eigenvalue weighted by atomic mass is 32.1. The Labute approximate surface area is 116 Å². The van der Waals surface area contributed by atoms with E-state index in [1.807, 2.05) is 0 Å². The predicted octanol–water partition coefficient (Wildman–Crippen LogP) is 4.63. The first-order valence-electron chi connectivity index (χ1n) is 6.25. The van der Waals surface area contributed by atoms with Crippen LogP contribution in [0.5, 0.6) is 0 Å². The van der Waals surface area contributed by atoms with Gasteiger partial charge in [-0.1, -0.05) is 11.6 Å². The lowest BCUT2D eigenvalue weighted by atomic mass is 10.1. The molecule has 0 radical (unpaired) electrons. The van der Waals surface area contributed by atoms with Crippen molar-refractivity contribution in [2.75, 3.05) is 0 Å². The fourth-order valence-corrected chi connectivity index (χ4v) is 3.44. The number of aldehydes is 1. The van der Waals surface area contributed by atoms with Crippen molar-refractivity contribution in [3.63, 3.8) is 0 Å². The topological polar surface area (TPSA) is 32.9 Å². The monoisotopic (exact) mass is 269 g/mol. The van der Waals surface area contributed by atoms with Crippen LogP contribution in [0.15, 0.2) is 24.3 Å². The minimum atomic E-state index is 0.767. The van der Waals surface area contributed by atoms with E-state index in [4.69, 9.17) is 0 Å². The lowest BCUT2D eigenvalue weighted by Gasteiger charge is -1.98. The highest BCUT2D eigenvalue weighted by molar-refractivity contribution is 7.15. The summed E-state index contributed by atoms with van der Waals surface area (Å²) in [5.74, 6) is 0. The molecule has 2 aromatic heterocycles. The summed E-state index contributed by atoms with van der Waals surface area (Å²) in [5, 5.41) is 1.02. The SMILES string of the molecule is Cc1cc(C)c2[nH]c(-c3ccc(C)s3)c(C=O)c2c1. The molecule has 0 amide bonds. The molecular weight excluding hydrogens is 254 g/mol. The molecular formula is C16H15NOS. The summed E-state index contributed by atoms with van der Waals surface area (Å²) in [4.78, 5) is 17.3. The van der Waals surface area contributed by atoms with Gasteiger partial charge in [-0.05, 0) is 44.5 Å². The van der Waals surface area contributed by atoms with Gasteiger partial charge in [-0.15, -0.1) is 11.3 Å². The highest BCUT2D eigenvalue weighted by Crippen LogP contribution is 2.34. The van der Waals surface area contributed by atoms with Gasteiger partial charge in [0.25, 0.3) is 0 Å². The van der Waals surface area contributed by atoms with Crippen LogP contribution in [0.25, 0.3) is 21.5 Å². The summed E-state index contributed by atoms with van der Waals surface area (Å²) in [5.41, 5.74) is 5.13. The van der Waals surface area contributed by atoms with Gasteiger partial charge in [0.1, 0.15) is 0 Å². The Balaban J connectivity index is 2.37. The average molecular weight is 269 g/mol. The van der Waals surface area contributed by atoms with E-state index in [-0.39, 0.29) is 0 Å². The average Bonchev–Trinajstić information content (AvgIpc) is 2.92. The van der Waals surface area contributed by atoms with Crippen LogP contribution in [0.2, 0.25) is 0 Å². The summed E-state index contributed by atoms with van der Waals surface area (Å²) in [6.07, 6.45) is 0.960. The highest BCUT2D eigenvalue weighted by Gasteiger charge is 2.15. The van der Waals surface area contributed by atoms with Crippen LogP contribution < -0.4 is 0 Å². The van der Waals surface area contributed by atoms with Crippen molar-refractivity contribution in [3.05, 3.63) is 45.8 Å². The van der Waals surface area contributed by atoms with Gasteiger partial charge < -0.3 is 4.98 Å². The Kier molecular flexibility index (Phi) is 2.79. The molecule has 0 saturated heterocycles. The largest absolute Gasteiger partial charge is 0.353 e. The number of nitrogens with one attached hydrogen (secondary N) is 1. The number of aromatic amines is 1. The van der Waals surface area contributed by atoms with E-state index in [1.54, 1.807) is 11.3 Å². The third kappa shape index (κ3) is 1.90. The number of aryl methyl sites for hydroxylation is 3. The molecule has 0 bridgehead atoms. The third-order valence-electron chi connectivity index (χ3n) is 3.39. The van der Waals surface area contributed by atoms with Crippen molar-refractivity contribution in [2.45, 2.75) is 20.8 Å². The van der Waals surface area contributed by atoms with Crippen molar-refractivity contribution < 1.29 is 4.79 Å². The maximum Gasteiger partial charge on any atom is 0.152 e. The van der Waals surface area contributed by atoms with Gasteiger partial charge in [0.15, 0.2) is 6.29 Å². The van der Waals surface area contributed by atoms with Gasteiger partial charge in [0, 0.05) is 21.3 Å². The Hall–Kier alpha value is -1.87. The Bertz CT molecular complexity index is 779. The van der Waals surface area contributed by atoms with Gasteiger partial charge in [0.2, 0.25) is 0 Å². The second kappa shape index (κ2) is 4.35. The summed E-state index contributed by atoms with van der Waals surface area (Å²) < 4.78 is 0. The van der Waals surface area contributed by atoms with Crippen molar-refractivity contribution in [1.29, 1.82) is 0 Å². The summed E-state index contributed by atoms with van der Waals surface area (Å²) in [7, 11) is 0. The van der Waals surface area contributed by atoms with Gasteiger partial charge >= 0.3 is 0 Å². The molecule has 3 rings (SSSR count). The molecule has 3 heteroatoms. The van der Waals surface area contributed by atoms with Gasteiger partial charge in [0.05, 0.1) is 10.6 Å². The number of aromatic nitrogens is 1. The van der Waals surface area contributed by atoms with E-state index in [1.165, 1.54) is 16.0 Å². The molecule has 3 aromatic rings.